The Morgan fingerprint density at radius 1 is 1.20 bits per heavy atom. The Bertz CT molecular complexity index is 596. The fourth-order valence-corrected chi connectivity index (χ4v) is 2.32. The molecule has 0 spiro atoms. The lowest BCUT2D eigenvalue weighted by Crippen LogP contribution is -2.11. The van der Waals surface area contributed by atoms with Crippen molar-refractivity contribution in [3.05, 3.63) is 65.5 Å². The second-order valence-corrected chi connectivity index (χ2v) is 4.80. The molecule has 0 unspecified atom stereocenters. The van der Waals surface area contributed by atoms with Crippen LogP contribution in [0.3, 0.4) is 0 Å². The van der Waals surface area contributed by atoms with Crippen molar-refractivity contribution < 1.29 is 13.9 Å². The number of ether oxygens (including phenoxy) is 1. The number of rotatable bonds is 5. The van der Waals surface area contributed by atoms with Gasteiger partial charge in [-0.1, -0.05) is 30.3 Å². The molecule has 2 rings (SSSR count). The van der Waals surface area contributed by atoms with Crippen molar-refractivity contribution in [3.63, 3.8) is 0 Å². The third-order valence-electron chi connectivity index (χ3n) is 3.16. The summed E-state index contributed by atoms with van der Waals surface area (Å²) in [5.41, 5.74) is 1.58. The van der Waals surface area contributed by atoms with Gasteiger partial charge in [-0.3, -0.25) is 4.79 Å². The van der Waals surface area contributed by atoms with Crippen LogP contribution in [0, 0.1) is 5.82 Å². The van der Waals surface area contributed by atoms with Gasteiger partial charge in [-0.15, -0.1) is 0 Å². The second-order valence-electron chi connectivity index (χ2n) is 4.42. The van der Waals surface area contributed by atoms with E-state index in [1.165, 1.54) is 12.1 Å². The molecule has 1 atom stereocenters. The minimum atomic E-state index is -0.520. The van der Waals surface area contributed by atoms with E-state index in [1.807, 2.05) is 24.3 Å². The number of benzene rings is 2. The summed E-state index contributed by atoms with van der Waals surface area (Å²) in [5, 5.41) is -0.470. The van der Waals surface area contributed by atoms with E-state index in [1.54, 1.807) is 19.2 Å². The third kappa shape index (κ3) is 3.36. The Kier molecular flexibility index (Phi) is 4.74. The normalized spacial score (nSPS) is 11.9. The summed E-state index contributed by atoms with van der Waals surface area (Å²) in [4.78, 5) is 11.7. The molecule has 0 bridgehead atoms. The first-order chi connectivity index (χ1) is 9.61. The van der Waals surface area contributed by atoms with Crippen LogP contribution in [-0.4, -0.2) is 12.4 Å². The SMILES string of the molecule is COc1ccccc1C[C@H](C(=O)Cl)c1ccc(F)cc1. The molecule has 0 heterocycles. The zero-order valence-electron chi connectivity index (χ0n) is 11.0. The first-order valence-corrected chi connectivity index (χ1v) is 6.56. The van der Waals surface area contributed by atoms with Crippen LogP contribution < -0.4 is 4.74 Å². The molecule has 0 aliphatic rings. The lowest BCUT2D eigenvalue weighted by molar-refractivity contribution is -0.113. The zero-order valence-corrected chi connectivity index (χ0v) is 11.7. The Labute approximate surface area is 122 Å². The summed E-state index contributed by atoms with van der Waals surface area (Å²) >= 11 is 5.69. The maximum Gasteiger partial charge on any atom is 0.229 e. The molecule has 2 nitrogen and oxygen atoms in total. The zero-order chi connectivity index (χ0) is 14.5. The molecular formula is C16H14ClFO2. The highest BCUT2D eigenvalue weighted by Crippen LogP contribution is 2.28. The number of carbonyl (C=O) groups is 1. The van der Waals surface area contributed by atoms with Gasteiger partial charge in [-0.25, -0.2) is 4.39 Å². The standard InChI is InChI=1S/C16H14ClFO2/c1-20-15-5-3-2-4-12(15)10-14(16(17)19)11-6-8-13(18)9-7-11/h2-9,14H,10H2,1H3/t14-/m0/s1. The number of carbonyl (C=O) groups excluding carboxylic acids is 1. The van der Waals surface area contributed by atoms with Gasteiger partial charge in [0.15, 0.2) is 0 Å². The van der Waals surface area contributed by atoms with Crippen LogP contribution in [-0.2, 0) is 11.2 Å². The first kappa shape index (κ1) is 14.5. The fourth-order valence-electron chi connectivity index (χ4n) is 2.12. The van der Waals surface area contributed by atoms with E-state index in [-0.39, 0.29) is 5.82 Å². The van der Waals surface area contributed by atoms with Crippen molar-refractivity contribution in [2.75, 3.05) is 7.11 Å². The number of hydrogen-bond acceptors (Lipinski definition) is 2. The third-order valence-corrected chi connectivity index (χ3v) is 3.43. The maximum absolute atomic E-state index is 13.0. The summed E-state index contributed by atoms with van der Waals surface area (Å²) in [7, 11) is 1.58. The number of para-hydroxylation sites is 1. The quantitative estimate of drug-likeness (QED) is 0.781. The highest BCUT2D eigenvalue weighted by atomic mass is 35.5. The molecule has 4 heteroatoms. The van der Waals surface area contributed by atoms with Gasteiger partial charge in [0.1, 0.15) is 11.6 Å². The van der Waals surface area contributed by atoms with Crippen LogP contribution >= 0.6 is 11.6 Å². The van der Waals surface area contributed by atoms with E-state index in [0.717, 1.165) is 5.56 Å². The van der Waals surface area contributed by atoms with Crippen molar-refractivity contribution in [1.29, 1.82) is 0 Å². The van der Waals surface area contributed by atoms with E-state index in [2.05, 4.69) is 0 Å². The summed E-state index contributed by atoms with van der Waals surface area (Å²) < 4.78 is 18.2. The van der Waals surface area contributed by atoms with Gasteiger partial charge in [0.2, 0.25) is 5.24 Å². The number of halogens is 2. The average Bonchev–Trinajstić information content (AvgIpc) is 2.46. The number of hydrogen-bond donors (Lipinski definition) is 0. The van der Waals surface area contributed by atoms with Gasteiger partial charge < -0.3 is 4.74 Å². The molecule has 0 saturated heterocycles. The minimum Gasteiger partial charge on any atom is -0.496 e. The minimum absolute atomic E-state index is 0.341. The first-order valence-electron chi connectivity index (χ1n) is 6.18. The molecule has 104 valence electrons. The van der Waals surface area contributed by atoms with E-state index in [0.29, 0.717) is 17.7 Å². The molecule has 0 aliphatic carbocycles. The Morgan fingerprint density at radius 3 is 2.45 bits per heavy atom. The van der Waals surface area contributed by atoms with Crippen LogP contribution in [0.2, 0.25) is 0 Å². The molecule has 2 aromatic carbocycles. The molecular weight excluding hydrogens is 279 g/mol. The van der Waals surface area contributed by atoms with Crippen molar-refractivity contribution >= 4 is 16.8 Å². The highest BCUT2D eigenvalue weighted by molar-refractivity contribution is 6.64. The van der Waals surface area contributed by atoms with E-state index < -0.39 is 11.2 Å². The van der Waals surface area contributed by atoms with Crippen molar-refractivity contribution in [3.8, 4) is 5.75 Å². The maximum atomic E-state index is 13.0. The Hall–Kier alpha value is -1.87. The molecule has 0 N–H and O–H groups in total. The van der Waals surface area contributed by atoms with Gasteiger partial charge in [0.05, 0.1) is 13.0 Å². The second kappa shape index (κ2) is 6.53. The van der Waals surface area contributed by atoms with Crippen LogP contribution in [0.15, 0.2) is 48.5 Å². The van der Waals surface area contributed by atoms with Crippen LogP contribution in [0.1, 0.15) is 17.0 Å². The van der Waals surface area contributed by atoms with Crippen LogP contribution in [0.4, 0.5) is 4.39 Å². The van der Waals surface area contributed by atoms with Gasteiger partial charge in [0.25, 0.3) is 0 Å². The van der Waals surface area contributed by atoms with Crippen molar-refractivity contribution in [1.82, 2.24) is 0 Å². The smallest absolute Gasteiger partial charge is 0.229 e. The van der Waals surface area contributed by atoms with Gasteiger partial charge in [-0.2, -0.15) is 0 Å². The van der Waals surface area contributed by atoms with Crippen molar-refractivity contribution in [2.24, 2.45) is 0 Å². The molecule has 20 heavy (non-hydrogen) atoms. The molecule has 0 aliphatic heterocycles. The van der Waals surface area contributed by atoms with E-state index in [4.69, 9.17) is 16.3 Å². The summed E-state index contributed by atoms with van der Waals surface area (Å²) in [6.45, 7) is 0. The molecule has 2 aromatic rings. The van der Waals surface area contributed by atoms with Crippen LogP contribution in [0.25, 0.3) is 0 Å². The topological polar surface area (TPSA) is 26.3 Å². The fraction of sp³-hybridized carbons (Fsp3) is 0.188. The van der Waals surface area contributed by atoms with Gasteiger partial charge >= 0.3 is 0 Å². The predicted molar refractivity (Wildman–Crippen MR) is 76.7 cm³/mol. The average molecular weight is 293 g/mol. The lowest BCUT2D eigenvalue weighted by atomic mass is 9.92. The molecule has 0 radical (unpaired) electrons. The summed E-state index contributed by atoms with van der Waals surface area (Å²) in [6.07, 6.45) is 0.415. The lowest BCUT2D eigenvalue weighted by Gasteiger charge is -2.15. The predicted octanol–water partition coefficient (Wildman–Crippen LogP) is 3.93. The Balaban J connectivity index is 2.30. The van der Waals surface area contributed by atoms with Crippen LogP contribution in [0.5, 0.6) is 5.75 Å². The largest absolute Gasteiger partial charge is 0.496 e. The molecule has 0 amide bonds. The monoisotopic (exact) mass is 292 g/mol. The summed E-state index contributed by atoms with van der Waals surface area (Å²) in [5.74, 6) is -0.155. The Morgan fingerprint density at radius 2 is 1.85 bits per heavy atom. The highest BCUT2D eigenvalue weighted by Gasteiger charge is 2.20. The molecule has 0 fully saturated rings. The number of methoxy groups -OCH3 is 1. The van der Waals surface area contributed by atoms with E-state index >= 15 is 0 Å². The van der Waals surface area contributed by atoms with Gasteiger partial charge in [-0.05, 0) is 47.3 Å². The molecule has 0 aromatic heterocycles. The molecule has 0 saturated carbocycles. The van der Waals surface area contributed by atoms with Gasteiger partial charge in [0, 0.05) is 0 Å². The van der Waals surface area contributed by atoms with Crippen molar-refractivity contribution in [2.45, 2.75) is 12.3 Å². The summed E-state index contributed by atoms with van der Waals surface area (Å²) in [6, 6.07) is 13.3. The van der Waals surface area contributed by atoms with E-state index in [9.17, 15) is 9.18 Å².